The zero-order valence-corrected chi connectivity index (χ0v) is 21.3. The Balaban J connectivity index is 1.13. The second-order valence-electron chi connectivity index (χ2n) is 10.2. The van der Waals surface area contributed by atoms with Crippen molar-refractivity contribution in [3.05, 3.63) is 94.0 Å². The summed E-state index contributed by atoms with van der Waals surface area (Å²) in [5.74, 6) is 0.450. The number of nitrogens with two attached hydrogens (primary N) is 1. The molecule has 0 bridgehead atoms. The van der Waals surface area contributed by atoms with Gasteiger partial charge < -0.3 is 11.1 Å². The average molecular weight is 497 g/mol. The first-order valence-corrected chi connectivity index (χ1v) is 13.8. The molecule has 1 atom stereocenters. The zero-order chi connectivity index (χ0) is 24.5. The van der Waals surface area contributed by atoms with Crippen LogP contribution < -0.4 is 11.1 Å². The molecule has 184 valence electrons. The Morgan fingerprint density at radius 2 is 1.75 bits per heavy atom. The maximum absolute atomic E-state index is 13.2. The number of piperidine rings is 1. The number of thiophene rings is 1. The number of likely N-dealkylation sites (tertiary alicyclic amines) is 1. The van der Waals surface area contributed by atoms with E-state index in [1.807, 2.05) is 0 Å². The number of benzene rings is 2. The van der Waals surface area contributed by atoms with Gasteiger partial charge in [-0.2, -0.15) is 0 Å². The van der Waals surface area contributed by atoms with Crippen molar-refractivity contribution in [1.82, 2.24) is 15.2 Å². The Morgan fingerprint density at radius 1 is 1.03 bits per heavy atom. The van der Waals surface area contributed by atoms with Gasteiger partial charge in [-0.3, -0.25) is 9.69 Å². The maximum atomic E-state index is 13.2. The van der Waals surface area contributed by atoms with E-state index in [9.17, 15) is 4.79 Å². The smallest absolute Gasteiger partial charge is 0.263 e. The molecule has 4 aromatic rings. The van der Waals surface area contributed by atoms with Crippen LogP contribution in [0.2, 0.25) is 0 Å². The van der Waals surface area contributed by atoms with E-state index >= 15 is 0 Å². The van der Waals surface area contributed by atoms with Crippen molar-refractivity contribution in [2.75, 3.05) is 18.8 Å². The van der Waals surface area contributed by atoms with Crippen LogP contribution in [-0.2, 0) is 19.4 Å². The molecule has 0 spiro atoms. The van der Waals surface area contributed by atoms with Crippen LogP contribution in [0.25, 0.3) is 10.2 Å². The lowest BCUT2D eigenvalue weighted by Gasteiger charge is -2.32. The number of nitrogens with one attached hydrogen (secondary N) is 1. The lowest BCUT2D eigenvalue weighted by atomic mass is 9.82. The Hall–Kier alpha value is -3.22. The standard InChI is InChI=1S/C30H32N4OS/c31-27-25-18-23-17-22(21-9-5-2-6-10-21)11-12-26(23)33-30(25)36-28(27)29(35)32-24-13-15-34(16-14-24)19-20-7-3-1-4-8-20/h1-10,18,22,24H,11-17,19,31H2,(H,32,35)/t22-/m0/s1. The predicted molar refractivity (Wildman–Crippen MR) is 147 cm³/mol. The fourth-order valence-corrected chi connectivity index (χ4v) is 6.70. The van der Waals surface area contributed by atoms with Gasteiger partial charge in [-0.05, 0) is 60.8 Å². The number of nitrogens with zero attached hydrogens (tertiary/aromatic N) is 2. The second-order valence-corrected chi connectivity index (χ2v) is 11.2. The molecule has 1 saturated heterocycles. The summed E-state index contributed by atoms with van der Waals surface area (Å²) in [5.41, 5.74) is 12.3. The zero-order valence-electron chi connectivity index (χ0n) is 20.5. The molecule has 6 heteroatoms. The first kappa shape index (κ1) is 23.2. The van der Waals surface area contributed by atoms with Crippen LogP contribution in [0.1, 0.15) is 57.2 Å². The Kier molecular flexibility index (Phi) is 6.46. The van der Waals surface area contributed by atoms with Crippen molar-refractivity contribution in [3.8, 4) is 0 Å². The minimum absolute atomic E-state index is 0.0582. The van der Waals surface area contributed by atoms with E-state index in [0.717, 1.165) is 67.6 Å². The summed E-state index contributed by atoms with van der Waals surface area (Å²) in [4.78, 5) is 22.1. The number of pyridine rings is 1. The third-order valence-electron chi connectivity index (χ3n) is 7.73. The lowest BCUT2D eigenvalue weighted by molar-refractivity contribution is 0.0914. The fraction of sp³-hybridized carbons (Fsp3) is 0.333. The number of aromatic nitrogens is 1. The fourth-order valence-electron chi connectivity index (χ4n) is 5.70. The first-order valence-electron chi connectivity index (χ1n) is 13.0. The second kappa shape index (κ2) is 10.0. The molecule has 0 saturated carbocycles. The summed E-state index contributed by atoms with van der Waals surface area (Å²) in [6.07, 6.45) is 4.95. The van der Waals surface area contributed by atoms with E-state index in [0.29, 0.717) is 16.5 Å². The number of nitrogen functional groups attached to an aromatic ring is 1. The van der Waals surface area contributed by atoms with Gasteiger partial charge in [-0.15, -0.1) is 11.3 Å². The quantitative estimate of drug-likeness (QED) is 0.380. The number of hydrogen-bond acceptors (Lipinski definition) is 5. The third kappa shape index (κ3) is 4.75. The van der Waals surface area contributed by atoms with E-state index in [1.165, 1.54) is 28.0 Å². The molecular formula is C30H32N4OS. The van der Waals surface area contributed by atoms with Gasteiger partial charge >= 0.3 is 0 Å². The topological polar surface area (TPSA) is 71.2 Å². The molecule has 2 aromatic carbocycles. The number of amides is 1. The third-order valence-corrected chi connectivity index (χ3v) is 8.85. The van der Waals surface area contributed by atoms with Gasteiger partial charge in [0.25, 0.3) is 5.91 Å². The van der Waals surface area contributed by atoms with Gasteiger partial charge in [0.05, 0.1) is 5.69 Å². The van der Waals surface area contributed by atoms with Crippen molar-refractivity contribution in [1.29, 1.82) is 0 Å². The van der Waals surface area contributed by atoms with Crippen LogP contribution in [0.3, 0.4) is 0 Å². The van der Waals surface area contributed by atoms with Crippen LogP contribution in [0.15, 0.2) is 66.7 Å². The van der Waals surface area contributed by atoms with Crippen LogP contribution in [-0.4, -0.2) is 34.9 Å². The highest BCUT2D eigenvalue weighted by Crippen LogP contribution is 2.38. The average Bonchev–Trinajstić information content (AvgIpc) is 3.24. The molecule has 2 aliphatic rings. The Bertz CT molecular complexity index is 1360. The maximum Gasteiger partial charge on any atom is 0.263 e. The molecule has 5 nitrogen and oxygen atoms in total. The molecule has 1 fully saturated rings. The van der Waals surface area contributed by atoms with Crippen LogP contribution in [0.4, 0.5) is 5.69 Å². The minimum atomic E-state index is -0.0582. The van der Waals surface area contributed by atoms with Crippen molar-refractivity contribution in [3.63, 3.8) is 0 Å². The molecular weight excluding hydrogens is 464 g/mol. The van der Waals surface area contributed by atoms with Gasteiger partial charge in [0.15, 0.2) is 0 Å². The summed E-state index contributed by atoms with van der Waals surface area (Å²) >= 11 is 1.43. The molecule has 1 aliphatic carbocycles. The highest BCUT2D eigenvalue weighted by molar-refractivity contribution is 7.21. The van der Waals surface area contributed by atoms with Gasteiger partial charge in [0, 0.05) is 36.8 Å². The molecule has 6 rings (SSSR count). The number of fused-ring (bicyclic) bond motifs is 2. The largest absolute Gasteiger partial charge is 0.397 e. The monoisotopic (exact) mass is 496 g/mol. The highest BCUT2D eigenvalue weighted by Gasteiger charge is 2.26. The van der Waals surface area contributed by atoms with E-state index in [1.54, 1.807) is 0 Å². The number of carbonyl (C=O) groups excluding carboxylic acids is 1. The van der Waals surface area contributed by atoms with E-state index < -0.39 is 0 Å². The number of rotatable bonds is 5. The lowest BCUT2D eigenvalue weighted by Crippen LogP contribution is -2.44. The number of hydrogen-bond donors (Lipinski definition) is 2. The van der Waals surface area contributed by atoms with Crippen LogP contribution in [0.5, 0.6) is 0 Å². The van der Waals surface area contributed by atoms with Gasteiger partial charge in [0.2, 0.25) is 0 Å². The molecule has 2 aromatic heterocycles. The Morgan fingerprint density at radius 3 is 2.50 bits per heavy atom. The SMILES string of the molecule is Nc1c(C(=O)NC2CCN(Cc3ccccc3)CC2)sc2nc3c(cc12)C[C@@H](c1ccccc1)CC3. The van der Waals surface area contributed by atoms with Gasteiger partial charge in [-0.1, -0.05) is 60.7 Å². The van der Waals surface area contributed by atoms with Crippen molar-refractivity contribution < 1.29 is 4.79 Å². The predicted octanol–water partition coefficient (Wildman–Crippen LogP) is 5.55. The van der Waals surface area contributed by atoms with E-state index in [-0.39, 0.29) is 11.9 Å². The van der Waals surface area contributed by atoms with Crippen molar-refractivity contribution in [2.24, 2.45) is 0 Å². The number of aryl methyl sites for hydroxylation is 1. The van der Waals surface area contributed by atoms with Gasteiger partial charge in [-0.25, -0.2) is 4.98 Å². The Labute approximate surface area is 216 Å². The molecule has 0 radical (unpaired) electrons. The summed E-state index contributed by atoms with van der Waals surface area (Å²) in [6, 6.07) is 23.7. The first-order chi connectivity index (χ1) is 17.6. The van der Waals surface area contributed by atoms with Crippen LogP contribution in [0, 0.1) is 0 Å². The minimum Gasteiger partial charge on any atom is -0.397 e. The molecule has 1 amide bonds. The summed E-state index contributed by atoms with van der Waals surface area (Å²) in [6.45, 7) is 2.93. The summed E-state index contributed by atoms with van der Waals surface area (Å²) < 4.78 is 0. The number of carbonyl (C=O) groups is 1. The molecule has 3 heterocycles. The van der Waals surface area contributed by atoms with Crippen LogP contribution >= 0.6 is 11.3 Å². The van der Waals surface area contributed by atoms with E-state index in [2.05, 4.69) is 76.9 Å². The molecule has 3 N–H and O–H groups in total. The molecule has 36 heavy (non-hydrogen) atoms. The van der Waals surface area contributed by atoms with E-state index in [4.69, 9.17) is 10.7 Å². The highest BCUT2D eigenvalue weighted by atomic mass is 32.1. The molecule has 1 aliphatic heterocycles. The van der Waals surface area contributed by atoms with Crippen molar-refractivity contribution in [2.45, 2.75) is 50.6 Å². The normalized spacial score (nSPS) is 18.7. The number of anilines is 1. The molecule has 0 unspecified atom stereocenters. The summed E-state index contributed by atoms with van der Waals surface area (Å²) in [5, 5.41) is 4.18. The van der Waals surface area contributed by atoms with Crippen molar-refractivity contribution >= 4 is 33.1 Å². The van der Waals surface area contributed by atoms with Gasteiger partial charge in [0.1, 0.15) is 9.71 Å². The summed E-state index contributed by atoms with van der Waals surface area (Å²) in [7, 11) is 0.